The monoisotopic (exact) mass is 324 g/mol. The summed E-state index contributed by atoms with van der Waals surface area (Å²) in [6.07, 6.45) is 0. The Morgan fingerprint density at radius 1 is 1.12 bits per heavy atom. The molecule has 1 amide bonds. The van der Waals surface area contributed by atoms with Gasteiger partial charge in [0.2, 0.25) is 0 Å². The molecule has 0 saturated carbocycles. The minimum Gasteiger partial charge on any atom is -0.492 e. The molecule has 1 N–H and O–H groups in total. The van der Waals surface area contributed by atoms with Crippen LogP contribution in [0.2, 0.25) is 0 Å². The highest BCUT2D eigenvalue weighted by Crippen LogP contribution is 2.12. The number of ether oxygens (including phenoxy) is 2. The fourth-order valence-corrected chi connectivity index (χ4v) is 1.97. The smallest absolute Gasteiger partial charge is 0.337 e. The number of amides is 1. The number of methoxy groups -OCH3 is 1. The Kier molecular flexibility index (Phi) is 5.92. The number of carbonyl (C=O) groups is 2. The minimum absolute atomic E-state index is 0.263. The van der Waals surface area contributed by atoms with Crippen LogP contribution in [0.3, 0.4) is 0 Å². The van der Waals surface area contributed by atoms with E-state index in [0.717, 1.165) is 0 Å². The van der Waals surface area contributed by atoms with Crippen molar-refractivity contribution >= 4 is 11.9 Å². The number of hydrogen-bond acceptors (Lipinski definition) is 5. The molecule has 6 nitrogen and oxygen atoms in total. The molecular weight excluding hydrogens is 308 g/mol. The fraction of sp³-hybridized carbons (Fsp3) is 0.167. The summed E-state index contributed by atoms with van der Waals surface area (Å²) in [4.78, 5) is 23.3. The van der Waals surface area contributed by atoms with Crippen LogP contribution < -0.4 is 10.1 Å². The Bertz CT molecular complexity index is 763. The van der Waals surface area contributed by atoms with E-state index in [9.17, 15) is 9.59 Å². The maximum Gasteiger partial charge on any atom is 0.337 e. The number of carbonyl (C=O) groups excluding carboxylic acids is 2. The van der Waals surface area contributed by atoms with Gasteiger partial charge in [0.05, 0.1) is 30.9 Å². The predicted molar refractivity (Wildman–Crippen MR) is 86.8 cm³/mol. The third kappa shape index (κ3) is 4.58. The van der Waals surface area contributed by atoms with Crippen molar-refractivity contribution in [3.63, 3.8) is 0 Å². The zero-order valence-corrected chi connectivity index (χ0v) is 13.1. The second-order valence-electron chi connectivity index (χ2n) is 4.81. The van der Waals surface area contributed by atoms with Gasteiger partial charge < -0.3 is 14.8 Å². The molecule has 2 rings (SSSR count). The van der Waals surface area contributed by atoms with Gasteiger partial charge >= 0.3 is 5.97 Å². The van der Waals surface area contributed by atoms with Gasteiger partial charge in [0.1, 0.15) is 12.4 Å². The van der Waals surface area contributed by atoms with Crippen LogP contribution in [0.4, 0.5) is 0 Å². The molecule has 0 spiro atoms. The second-order valence-corrected chi connectivity index (χ2v) is 4.81. The predicted octanol–water partition coefficient (Wildman–Crippen LogP) is 2.15. The van der Waals surface area contributed by atoms with Gasteiger partial charge in [0.15, 0.2) is 0 Å². The number of benzene rings is 2. The van der Waals surface area contributed by atoms with Gasteiger partial charge in [0, 0.05) is 5.56 Å². The van der Waals surface area contributed by atoms with Crippen molar-refractivity contribution in [1.82, 2.24) is 5.32 Å². The van der Waals surface area contributed by atoms with Crippen molar-refractivity contribution in [1.29, 1.82) is 5.26 Å². The lowest BCUT2D eigenvalue weighted by atomic mass is 10.1. The molecule has 2 aromatic carbocycles. The maximum atomic E-state index is 12.0. The fourth-order valence-electron chi connectivity index (χ4n) is 1.97. The molecule has 0 heterocycles. The molecule has 0 aliphatic rings. The molecule has 0 aliphatic carbocycles. The van der Waals surface area contributed by atoms with Crippen LogP contribution in [0.15, 0.2) is 48.5 Å². The number of nitrogens with zero attached hydrogens (tertiary/aromatic N) is 1. The van der Waals surface area contributed by atoms with E-state index in [0.29, 0.717) is 29.0 Å². The Labute approximate surface area is 139 Å². The molecule has 0 radical (unpaired) electrons. The van der Waals surface area contributed by atoms with E-state index in [1.165, 1.54) is 19.2 Å². The summed E-state index contributed by atoms with van der Waals surface area (Å²) in [7, 11) is 1.30. The van der Waals surface area contributed by atoms with Crippen LogP contribution in [-0.2, 0) is 4.74 Å². The molecule has 0 atom stereocenters. The molecule has 0 bridgehead atoms. The lowest BCUT2D eigenvalue weighted by Crippen LogP contribution is -2.28. The first kappa shape index (κ1) is 17.0. The summed E-state index contributed by atoms with van der Waals surface area (Å²) < 4.78 is 10.1. The maximum absolute atomic E-state index is 12.0. The van der Waals surface area contributed by atoms with Crippen molar-refractivity contribution in [3.8, 4) is 11.8 Å². The van der Waals surface area contributed by atoms with Gasteiger partial charge in [0.25, 0.3) is 5.91 Å². The van der Waals surface area contributed by atoms with Crippen LogP contribution >= 0.6 is 0 Å². The highest BCUT2D eigenvalue weighted by Gasteiger charge is 2.08. The third-order valence-electron chi connectivity index (χ3n) is 3.19. The molecule has 0 fully saturated rings. The van der Waals surface area contributed by atoms with E-state index >= 15 is 0 Å². The van der Waals surface area contributed by atoms with Crippen molar-refractivity contribution in [2.75, 3.05) is 20.3 Å². The average molecular weight is 324 g/mol. The van der Waals surface area contributed by atoms with Crippen LogP contribution in [-0.4, -0.2) is 32.1 Å². The van der Waals surface area contributed by atoms with E-state index in [2.05, 4.69) is 10.1 Å². The topological polar surface area (TPSA) is 88.4 Å². The molecule has 0 aliphatic heterocycles. The second kappa shape index (κ2) is 8.34. The van der Waals surface area contributed by atoms with E-state index in [4.69, 9.17) is 10.00 Å². The summed E-state index contributed by atoms with van der Waals surface area (Å²) in [5, 5.41) is 11.5. The molecule has 24 heavy (non-hydrogen) atoms. The van der Waals surface area contributed by atoms with Crippen molar-refractivity contribution < 1.29 is 19.1 Å². The first-order chi connectivity index (χ1) is 11.6. The third-order valence-corrected chi connectivity index (χ3v) is 3.19. The summed E-state index contributed by atoms with van der Waals surface area (Å²) in [5.74, 6) is -0.138. The van der Waals surface area contributed by atoms with E-state index in [1.807, 2.05) is 6.07 Å². The number of nitriles is 1. The SMILES string of the molecule is COC(=O)c1ccc(C(=O)NCCOc2cccc(C#N)c2)cc1. The molecule has 2 aromatic rings. The summed E-state index contributed by atoms with van der Waals surface area (Å²) >= 11 is 0. The molecular formula is C18H16N2O4. The summed E-state index contributed by atoms with van der Waals surface area (Å²) in [6.45, 7) is 0.592. The lowest BCUT2D eigenvalue weighted by Gasteiger charge is -2.08. The summed E-state index contributed by atoms with van der Waals surface area (Å²) in [6, 6.07) is 15.0. The Morgan fingerprint density at radius 2 is 1.83 bits per heavy atom. The molecule has 0 saturated heterocycles. The number of rotatable bonds is 6. The van der Waals surface area contributed by atoms with Crippen LogP contribution in [0.5, 0.6) is 5.75 Å². The standard InChI is InChI=1S/C18H16N2O4/c1-23-18(22)15-7-5-14(6-8-15)17(21)20-9-10-24-16-4-2-3-13(11-16)12-19/h2-8,11H,9-10H2,1H3,(H,20,21). The number of hydrogen-bond donors (Lipinski definition) is 1. The van der Waals surface area contributed by atoms with Crippen LogP contribution in [0, 0.1) is 11.3 Å². The zero-order chi connectivity index (χ0) is 17.4. The lowest BCUT2D eigenvalue weighted by molar-refractivity contribution is 0.0600. The summed E-state index contributed by atoms with van der Waals surface area (Å²) in [5.41, 5.74) is 1.34. The van der Waals surface area contributed by atoms with Gasteiger partial charge in [-0.25, -0.2) is 4.79 Å². The molecule has 122 valence electrons. The normalized spacial score (nSPS) is 9.67. The van der Waals surface area contributed by atoms with Crippen LogP contribution in [0.25, 0.3) is 0 Å². The van der Waals surface area contributed by atoms with Crippen molar-refractivity contribution in [2.45, 2.75) is 0 Å². The highest BCUT2D eigenvalue weighted by atomic mass is 16.5. The van der Waals surface area contributed by atoms with Crippen LogP contribution in [0.1, 0.15) is 26.3 Å². The average Bonchev–Trinajstić information content (AvgIpc) is 2.64. The van der Waals surface area contributed by atoms with E-state index in [1.54, 1.807) is 36.4 Å². The number of esters is 1. The Morgan fingerprint density at radius 3 is 2.50 bits per heavy atom. The molecule has 0 aromatic heterocycles. The van der Waals surface area contributed by atoms with Gasteiger partial charge in [-0.1, -0.05) is 6.07 Å². The largest absolute Gasteiger partial charge is 0.492 e. The van der Waals surface area contributed by atoms with Gasteiger partial charge in [-0.3, -0.25) is 4.79 Å². The van der Waals surface area contributed by atoms with Crippen molar-refractivity contribution in [2.24, 2.45) is 0 Å². The quantitative estimate of drug-likeness (QED) is 0.650. The molecule has 6 heteroatoms. The van der Waals surface area contributed by atoms with Gasteiger partial charge in [-0.15, -0.1) is 0 Å². The zero-order valence-electron chi connectivity index (χ0n) is 13.1. The Hall–Kier alpha value is -3.33. The first-order valence-electron chi connectivity index (χ1n) is 7.23. The van der Waals surface area contributed by atoms with Gasteiger partial charge in [-0.05, 0) is 42.5 Å². The minimum atomic E-state index is -0.449. The van der Waals surface area contributed by atoms with E-state index in [-0.39, 0.29) is 12.5 Å². The highest BCUT2D eigenvalue weighted by molar-refractivity contribution is 5.96. The van der Waals surface area contributed by atoms with Crippen molar-refractivity contribution in [3.05, 3.63) is 65.2 Å². The number of nitrogens with one attached hydrogen (secondary N) is 1. The Balaban J connectivity index is 1.80. The van der Waals surface area contributed by atoms with E-state index < -0.39 is 5.97 Å². The van der Waals surface area contributed by atoms with Gasteiger partial charge in [-0.2, -0.15) is 5.26 Å². The first-order valence-corrected chi connectivity index (χ1v) is 7.23. The molecule has 0 unspecified atom stereocenters.